The molecule has 0 unspecified atom stereocenters. The van der Waals surface area contributed by atoms with Gasteiger partial charge in [-0.1, -0.05) is 28.1 Å². The fourth-order valence-electron chi connectivity index (χ4n) is 2.72. The van der Waals surface area contributed by atoms with Crippen molar-refractivity contribution in [3.05, 3.63) is 57.0 Å². The average Bonchev–Trinajstić information content (AvgIpc) is 3.23. The van der Waals surface area contributed by atoms with Gasteiger partial charge in [0.2, 0.25) is 5.89 Å². The fraction of sp³-hybridized carbons (Fsp3) is 0.222. The molecular weight excluding hydrogens is 416 g/mol. The number of hydrogen-bond acceptors (Lipinski definition) is 6. The lowest BCUT2D eigenvalue weighted by atomic mass is 10.00. The van der Waals surface area contributed by atoms with E-state index in [4.69, 9.17) is 4.42 Å². The Hall–Kier alpha value is -2.94. The molecule has 2 N–H and O–H groups in total. The maximum atomic E-state index is 12.9. The minimum absolute atomic E-state index is 0.0439. The van der Waals surface area contributed by atoms with Gasteiger partial charge < -0.3 is 19.5 Å². The van der Waals surface area contributed by atoms with Crippen molar-refractivity contribution in [2.24, 2.45) is 0 Å². The van der Waals surface area contributed by atoms with Crippen LogP contribution in [0.1, 0.15) is 33.1 Å². The number of H-pyrrole nitrogens is 1. The molecule has 2 heterocycles. The molecule has 3 rings (SSSR count). The number of alkyl carbamates (subject to hydrolysis) is 1. The van der Waals surface area contributed by atoms with E-state index in [1.165, 1.54) is 7.11 Å². The van der Waals surface area contributed by atoms with Gasteiger partial charge in [0.05, 0.1) is 13.7 Å². The van der Waals surface area contributed by atoms with Crippen LogP contribution < -0.4 is 5.32 Å². The maximum Gasteiger partial charge on any atom is 0.407 e. The molecule has 2 aromatic heterocycles. The highest BCUT2D eigenvalue weighted by atomic mass is 79.9. The van der Waals surface area contributed by atoms with Crippen molar-refractivity contribution in [2.45, 2.75) is 20.4 Å². The Balaban J connectivity index is 1.89. The van der Waals surface area contributed by atoms with Crippen LogP contribution in [-0.4, -0.2) is 34.2 Å². The molecule has 0 saturated carbocycles. The van der Waals surface area contributed by atoms with Gasteiger partial charge in [-0.2, -0.15) is 0 Å². The third-order valence-corrected chi connectivity index (χ3v) is 4.49. The van der Waals surface area contributed by atoms with Crippen molar-refractivity contribution in [2.75, 3.05) is 7.11 Å². The monoisotopic (exact) mass is 432 g/mol. The van der Waals surface area contributed by atoms with Gasteiger partial charge >= 0.3 is 6.09 Å². The van der Waals surface area contributed by atoms with Crippen molar-refractivity contribution >= 4 is 27.8 Å². The first kappa shape index (κ1) is 18.8. The van der Waals surface area contributed by atoms with Crippen LogP contribution in [0.3, 0.4) is 0 Å². The highest BCUT2D eigenvalue weighted by Gasteiger charge is 2.23. The number of aryl methyl sites for hydroxylation is 1. The van der Waals surface area contributed by atoms with Crippen LogP contribution in [0, 0.1) is 13.8 Å². The molecule has 1 aromatic carbocycles. The third kappa shape index (κ3) is 3.92. The molecule has 27 heavy (non-hydrogen) atoms. The van der Waals surface area contributed by atoms with Gasteiger partial charge in [0.15, 0.2) is 5.78 Å². The van der Waals surface area contributed by atoms with Gasteiger partial charge in [-0.05, 0) is 31.5 Å². The van der Waals surface area contributed by atoms with E-state index in [1.807, 2.05) is 26.0 Å². The largest absolute Gasteiger partial charge is 0.453 e. The van der Waals surface area contributed by atoms with Crippen LogP contribution in [0.25, 0.3) is 11.6 Å². The molecule has 0 aliphatic carbocycles. The lowest BCUT2D eigenvalue weighted by Crippen LogP contribution is -2.22. The number of methoxy groups -OCH3 is 1. The van der Waals surface area contributed by atoms with Gasteiger partial charge in [-0.25, -0.2) is 4.79 Å². The number of hydrogen-bond donors (Lipinski definition) is 2. The van der Waals surface area contributed by atoms with E-state index < -0.39 is 6.09 Å². The van der Waals surface area contributed by atoms with E-state index >= 15 is 0 Å². The Labute approximate surface area is 163 Å². The van der Waals surface area contributed by atoms with E-state index in [0.29, 0.717) is 28.1 Å². The van der Waals surface area contributed by atoms with Gasteiger partial charge in [-0.15, -0.1) is 10.2 Å². The molecule has 0 spiro atoms. The summed E-state index contributed by atoms with van der Waals surface area (Å²) in [5, 5.41) is 10.4. The number of amides is 1. The predicted molar refractivity (Wildman–Crippen MR) is 100 cm³/mol. The number of nitrogens with zero attached hydrogens (tertiary/aromatic N) is 2. The lowest BCUT2D eigenvalue weighted by molar-refractivity contribution is 0.103. The zero-order valence-corrected chi connectivity index (χ0v) is 16.5. The number of benzene rings is 1. The van der Waals surface area contributed by atoms with Crippen LogP contribution in [-0.2, 0) is 11.3 Å². The number of carbonyl (C=O) groups is 2. The Morgan fingerprint density at radius 3 is 2.78 bits per heavy atom. The number of aromatic amines is 1. The highest BCUT2D eigenvalue weighted by molar-refractivity contribution is 9.10. The first-order valence-corrected chi connectivity index (χ1v) is 8.84. The lowest BCUT2D eigenvalue weighted by Gasteiger charge is -2.03. The van der Waals surface area contributed by atoms with Crippen LogP contribution in [0.2, 0.25) is 0 Å². The minimum atomic E-state index is -0.594. The van der Waals surface area contributed by atoms with Crippen molar-refractivity contribution in [3.63, 3.8) is 0 Å². The fourth-order valence-corrected chi connectivity index (χ4v) is 3.12. The predicted octanol–water partition coefficient (Wildman–Crippen LogP) is 3.53. The Morgan fingerprint density at radius 1 is 1.30 bits per heavy atom. The number of halogens is 1. The Kier molecular flexibility index (Phi) is 5.41. The summed E-state index contributed by atoms with van der Waals surface area (Å²) in [5.41, 5.74) is 3.14. The van der Waals surface area contributed by atoms with E-state index in [0.717, 1.165) is 4.47 Å². The van der Waals surface area contributed by atoms with Crippen LogP contribution in [0.15, 0.2) is 33.2 Å². The second-order valence-corrected chi connectivity index (χ2v) is 6.73. The van der Waals surface area contributed by atoms with Gasteiger partial charge in [0.25, 0.3) is 5.89 Å². The smallest absolute Gasteiger partial charge is 0.407 e. The summed E-state index contributed by atoms with van der Waals surface area (Å²) in [6, 6.07) is 7.22. The molecule has 0 saturated heterocycles. The van der Waals surface area contributed by atoms with Crippen molar-refractivity contribution in [3.8, 4) is 11.6 Å². The SMILES string of the molecule is COC(=O)NCc1nnc(-c2[nH]c(C)c(C(=O)c3cccc(Br)c3)c2C)o1. The Bertz CT molecular complexity index is 1010. The standard InChI is InChI=1S/C18H17BrN4O4/c1-9-14(16(24)11-5-4-6-12(19)7-11)10(2)21-15(9)17-23-22-13(27-17)8-20-18(25)26-3/h4-7,21H,8H2,1-3H3,(H,20,25). The van der Waals surface area contributed by atoms with Crippen LogP contribution in [0.5, 0.6) is 0 Å². The Morgan fingerprint density at radius 2 is 2.07 bits per heavy atom. The molecule has 9 heteroatoms. The topological polar surface area (TPSA) is 110 Å². The molecule has 0 radical (unpaired) electrons. The quantitative estimate of drug-likeness (QED) is 0.596. The first-order valence-electron chi connectivity index (χ1n) is 8.04. The summed E-state index contributed by atoms with van der Waals surface area (Å²) in [4.78, 5) is 27.2. The zero-order valence-electron chi connectivity index (χ0n) is 14.9. The van der Waals surface area contributed by atoms with E-state index in [-0.39, 0.29) is 24.1 Å². The molecule has 1 amide bonds. The number of ether oxygens (including phenoxy) is 1. The number of rotatable bonds is 5. The van der Waals surface area contributed by atoms with Crippen LogP contribution >= 0.6 is 15.9 Å². The summed E-state index contributed by atoms with van der Waals surface area (Å²) >= 11 is 3.38. The molecule has 0 bridgehead atoms. The maximum absolute atomic E-state index is 12.9. The van der Waals surface area contributed by atoms with Crippen molar-refractivity contribution < 1.29 is 18.7 Å². The van der Waals surface area contributed by atoms with E-state index in [9.17, 15) is 9.59 Å². The van der Waals surface area contributed by atoms with Crippen molar-refractivity contribution in [1.29, 1.82) is 0 Å². The van der Waals surface area contributed by atoms with E-state index in [1.54, 1.807) is 12.1 Å². The number of carbonyl (C=O) groups excluding carboxylic acids is 2. The van der Waals surface area contributed by atoms with Gasteiger partial charge in [-0.3, -0.25) is 4.79 Å². The van der Waals surface area contributed by atoms with E-state index in [2.05, 4.69) is 41.2 Å². The van der Waals surface area contributed by atoms with Gasteiger partial charge in [0, 0.05) is 21.3 Å². The first-order chi connectivity index (χ1) is 12.9. The molecular formula is C18H17BrN4O4. The molecule has 8 nitrogen and oxygen atoms in total. The highest BCUT2D eigenvalue weighted by Crippen LogP contribution is 2.29. The van der Waals surface area contributed by atoms with Gasteiger partial charge in [0.1, 0.15) is 5.69 Å². The summed E-state index contributed by atoms with van der Waals surface area (Å²) < 4.78 is 10.9. The molecule has 3 aromatic rings. The second-order valence-electron chi connectivity index (χ2n) is 5.81. The summed E-state index contributed by atoms with van der Waals surface area (Å²) in [6.45, 7) is 3.68. The summed E-state index contributed by atoms with van der Waals surface area (Å²) in [5.74, 6) is 0.369. The molecule has 0 aliphatic heterocycles. The molecule has 0 aliphatic rings. The molecule has 0 atom stereocenters. The zero-order chi connectivity index (χ0) is 19.6. The number of aromatic nitrogens is 3. The van der Waals surface area contributed by atoms with Crippen molar-refractivity contribution in [1.82, 2.24) is 20.5 Å². The molecule has 140 valence electrons. The third-order valence-electron chi connectivity index (χ3n) is 4.00. The second kappa shape index (κ2) is 7.75. The number of nitrogens with one attached hydrogen (secondary N) is 2. The average molecular weight is 433 g/mol. The number of ketones is 1. The minimum Gasteiger partial charge on any atom is -0.453 e. The molecule has 0 fully saturated rings. The normalized spacial score (nSPS) is 10.7. The summed E-state index contributed by atoms with van der Waals surface area (Å²) in [6.07, 6.45) is -0.594. The summed E-state index contributed by atoms with van der Waals surface area (Å²) in [7, 11) is 1.27. The van der Waals surface area contributed by atoms with Crippen LogP contribution in [0.4, 0.5) is 4.79 Å².